The van der Waals surface area contributed by atoms with Crippen LogP contribution in [-0.4, -0.2) is 87.3 Å². The summed E-state index contributed by atoms with van der Waals surface area (Å²) in [5, 5.41) is 15.6. The van der Waals surface area contributed by atoms with E-state index in [9.17, 15) is 29.1 Å². The van der Waals surface area contributed by atoms with Crippen LogP contribution in [0.1, 0.15) is 31.2 Å². The first-order chi connectivity index (χ1) is 18.1. The molecule has 1 saturated heterocycles. The lowest BCUT2D eigenvalue weighted by atomic mass is 10.0. The number of para-hydroxylation sites is 1. The van der Waals surface area contributed by atoms with E-state index in [0.29, 0.717) is 12.2 Å². The van der Waals surface area contributed by atoms with Crippen LogP contribution in [-0.2, 0) is 30.4 Å². The van der Waals surface area contributed by atoms with Gasteiger partial charge in [-0.3, -0.25) is 19.2 Å². The molecule has 0 radical (unpaired) electrons. The van der Waals surface area contributed by atoms with Crippen LogP contribution in [0.15, 0.2) is 30.5 Å². The molecule has 0 bridgehead atoms. The van der Waals surface area contributed by atoms with Gasteiger partial charge in [-0.05, 0) is 49.3 Å². The monoisotopic (exact) mass is 546 g/mol. The summed E-state index contributed by atoms with van der Waals surface area (Å²) in [5.41, 5.74) is 13.3. The van der Waals surface area contributed by atoms with E-state index in [1.165, 1.54) is 11.8 Å². The van der Waals surface area contributed by atoms with Crippen molar-refractivity contribution in [1.29, 1.82) is 0 Å². The van der Waals surface area contributed by atoms with Gasteiger partial charge in [0.25, 0.3) is 0 Å². The molecule has 38 heavy (non-hydrogen) atoms. The van der Waals surface area contributed by atoms with Crippen molar-refractivity contribution >= 4 is 52.3 Å². The molecule has 12 nitrogen and oxygen atoms in total. The average Bonchev–Trinajstić information content (AvgIpc) is 3.53. The number of carboxylic acid groups (broad SMARTS) is 1. The van der Waals surface area contributed by atoms with Crippen LogP contribution in [0.25, 0.3) is 10.9 Å². The van der Waals surface area contributed by atoms with Gasteiger partial charge in [0, 0.05) is 23.6 Å². The Kier molecular flexibility index (Phi) is 10.1. The third-order valence-corrected chi connectivity index (χ3v) is 7.18. The van der Waals surface area contributed by atoms with Gasteiger partial charge in [0.05, 0.1) is 12.5 Å². The first kappa shape index (κ1) is 29.0. The second-order valence-corrected chi connectivity index (χ2v) is 10.3. The van der Waals surface area contributed by atoms with Crippen LogP contribution >= 0.6 is 11.8 Å². The molecular weight excluding hydrogens is 512 g/mol. The van der Waals surface area contributed by atoms with Gasteiger partial charge in [-0.1, -0.05) is 18.2 Å². The zero-order chi connectivity index (χ0) is 27.8. The van der Waals surface area contributed by atoms with Gasteiger partial charge in [-0.2, -0.15) is 11.8 Å². The molecule has 2 aromatic rings. The second kappa shape index (κ2) is 13.3. The summed E-state index contributed by atoms with van der Waals surface area (Å²) in [7, 11) is 0. The van der Waals surface area contributed by atoms with E-state index in [0.717, 1.165) is 21.4 Å². The topological polar surface area (TPSA) is 201 Å². The number of likely N-dealkylation sites (tertiary alicyclic amines) is 1. The number of carbonyl (C=O) groups is 5. The lowest BCUT2D eigenvalue weighted by Gasteiger charge is -2.28. The van der Waals surface area contributed by atoms with E-state index in [1.54, 1.807) is 6.20 Å². The van der Waals surface area contributed by atoms with Crippen molar-refractivity contribution in [1.82, 2.24) is 20.5 Å². The maximum atomic E-state index is 13.2. The number of nitrogens with two attached hydrogens (primary N) is 2. The molecule has 1 aliphatic heterocycles. The van der Waals surface area contributed by atoms with Gasteiger partial charge in [-0.15, -0.1) is 0 Å². The highest BCUT2D eigenvalue weighted by Gasteiger charge is 2.39. The molecule has 4 atom stereocenters. The minimum Gasteiger partial charge on any atom is -0.480 e. The zero-order valence-electron chi connectivity index (χ0n) is 21.1. The van der Waals surface area contributed by atoms with Gasteiger partial charge in [-0.25, -0.2) is 4.79 Å². The minimum atomic E-state index is -1.35. The second-order valence-electron chi connectivity index (χ2n) is 9.27. The number of fused-ring (bicyclic) bond motifs is 1. The highest BCUT2D eigenvalue weighted by Crippen LogP contribution is 2.20. The fraction of sp³-hybridized carbons (Fsp3) is 0.480. The van der Waals surface area contributed by atoms with Gasteiger partial charge >= 0.3 is 5.97 Å². The summed E-state index contributed by atoms with van der Waals surface area (Å²) in [4.78, 5) is 66.8. The number of aromatic amines is 1. The van der Waals surface area contributed by atoms with Crippen LogP contribution in [0.2, 0.25) is 0 Å². The molecule has 2 heterocycles. The number of benzene rings is 1. The standard InChI is InChI=1S/C25H34N6O6S/c1-38-10-8-18(29-22(33)16(26)11-14-13-28-17-6-3-2-5-15(14)17)23(34)30-19(12-21(27)32)24(35)31-9-4-7-20(31)25(36)37/h2-3,5-6,13,16,18-20,28H,4,7-12,26H2,1H3,(H2,27,32)(H,29,33)(H,30,34)(H,36,37). The summed E-state index contributed by atoms with van der Waals surface area (Å²) in [6, 6.07) is 3.26. The third-order valence-electron chi connectivity index (χ3n) is 6.54. The number of H-pyrrole nitrogens is 1. The molecule has 0 saturated carbocycles. The first-order valence-electron chi connectivity index (χ1n) is 12.3. The quantitative estimate of drug-likeness (QED) is 0.197. The van der Waals surface area contributed by atoms with Crippen molar-refractivity contribution < 1.29 is 29.1 Å². The van der Waals surface area contributed by atoms with Crippen molar-refractivity contribution in [3.8, 4) is 0 Å². The molecule has 1 aliphatic rings. The van der Waals surface area contributed by atoms with Crippen molar-refractivity contribution in [2.75, 3.05) is 18.6 Å². The number of thioether (sulfide) groups is 1. The summed E-state index contributed by atoms with van der Waals surface area (Å²) in [6.07, 6.45) is 4.38. The van der Waals surface area contributed by atoms with Gasteiger partial charge < -0.3 is 37.1 Å². The van der Waals surface area contributed by atoms with E-state index in [2.05, 4.69) is 15.6 Å². The summed E-state index contributed by atoms with van der Waals surface area (Å²) in [6.45, 7) is 0.191. The molecule has 1 fully saturated rings. The predicted octanol–water partition coefficient (Wildman–Crippen LogP) is -0.289. The van der Waals surface area contributed by atoms with E-state index >= 15 is 0 Å². The number of nitrogens with one attached hydrogen (secondary N) is 3. The average molecular weight is 547 g/mol. The van der Waals surface area contributed by atoms with E-state index in [-0.39, 0.29) is 25.8 Å². The predicted molar refractivity (Wildman–Crippen MR) is 143 cm³/mol. The SMILES string of the molecule is CSCCC(NC(=O)C(N)Cc1c[nH]c2ccccc12)C(=O)NC(CC(N)=O)C(=O)N1CCCC1C(=O)O. The molecule has 1 aromatic heterocycles. The number of hydrogen-bond donors (Lipinski definition) is 6. The molecule has 4 unspecified atom stereocenters. The molecule has 206 valence electrons. The lowest BCUT2D eigenvalue weighted by molar-refractivity contribution is -0.149. The Morgan fingerprint density at radius 2 is 1.87 bits per heavy atom. The Morgan fingerprint density at radius 1 is 1.16 bits per heavy atom. The Morgan fingerprint density at radius 3 is 2.55 bits per heavy atom. The number of hydrogen-bond acceptors (Lipinski definition) is 7. The number of nitrogens with zero attached hydrogens (tertiary/aromatic N) is 1. The fourth-order valence-electron chi connectivity index (χ4n) is 4.57. The fourth-order valence-corrected chi connectivity index (χ4v) is 5.05. The lowest BCUT2D eigenvalue weighted by Crippen LogP contribution is -2.58. The number of amides is 4. The summed E-state index contributed by atoms with van der Waals surface area (Å²) < 4.78 is 0. The molecule has 3 rings (SSSR count). The number of aliphatic carboxylic acids is 1. The first-order valence-corrected chi connectivity index (χ1v) is 13.7. The van der Waals surface area contributed by atoms with E-state index in [1.807, 2.05) is 30.5 Å². The number of carboxylic acids is 1. The highest BCUT2D eigenvalue weighted by molar-refractivity contribution is 7.98. The number of rotatable bonds is 13. The molecule has 0 aliphatic carbocycles. The van der Waals surface area contributed by atoms with Crippen molar-refractivity contribution in [2.24, 2.45) is 11.5 Å². The Labute approximate surface area is 224 Å². The third kappa shape index (κ3) is 7.25. The Bertz CT molecular complexity index is 1190. The van der Waals surface area contributed by atoms with Gasteiger partial charge in [0.1, 0.15) is 18.1 Å². The molecule has 13 heteroatoms. The summed E-state index contributed by atoms with van der Waals surface area (Å²) >= 11 is 1.47. The number of primary amides is 1. The van der Waals surface area contributed by atoms with E-state index < -0.39 is 60.2 Å². The van der Waals surface area contributed by atoms with Gasteiger partial charge in [0.2, 0.25) is 23.6 Å². The minimum absolute atomic E-state index is 0.191. The highest BCUT2D eigenvalue weighted by atomic mass is 32.2. The van der Waals surface area contributed by atoms with Crippen molar-refractivity contribution in [3.05, 3.63) is 36.0 Å². The van der Waals surface area contributed by atoms with Crippen LogP contribution in [0, 0.1) is 0 Å². The molecule has 4 amide bonds. The summed E-state index contributed by atoms with van der Waals surface area (Å²) in [5.74, 6) is -3.39. The number of carbonyl (C=O) groups excluding carboxylic acids is 4. The van der Waals surface area contributed by atoms with Gasteiger partial charge in [0.15, 0.2) is 0 Å². The van der Waals surface area contributed by atoms with Crippen LogP contribution < -0.4 is 22.1 Å². The molecule has 0 spiro atoms. The normalized spacial score (nSPS) is 17.5. The molecule has 1 aromatic carbocycles. The van der Waals surface area contributed by atoms with E-state index in [4.69, 9.17) is 11.5 Å². The van der Waals surface area contributed by atoms with Crippen molar-refractivity contribution in [3.63, 3.8) is 0 Å². The van der Waals surface area contributed by atoms with Crippen LogP contribution in [0.4, 0.5) is 0 Å². The molecule has 8 N–H and O–H groups in total. The van der Waals surface area contributed by atoms with Crippen LogP contribution in [0.3, 0.4) is 0 Å². The zero-order valence-corrected chi connectivity index (χ0v) is 22.0. The Hall–Kier alpha value is -3.58. The smallest absolute Gasteiger partial charge is 0.326 e. The molecular formula is C25H34N6O6S. The maximum Gasteiger partial charge on any atom is 0.326 e. The van der Waals surface area contributed by atoms with Crippen LogP contribution in [0.5, 0.6) is 0 Å². The number of aromatic nitrogens is 1. The maximum absolute atomic E-state index is 13.2. The Balaban J connectivity index is 1.70. The largest absolute Gasteiger partial charge is 0.480 e. The van der Waals surface area contributed by atoms with Crippen molar-refractivity contribution in [2.45, 2.75) is 56.3 Å².